The van der Waals surface area contributed by atoms with E-state index in [4.69, 9.17) is 14.2 Å². The second kappa shape index (κ2) is 14.5. The Balaban J connectivity index is 1.05. The van der Waals surface area contributed by atoms with E-state index in [2.05, 4.69) is 0 Å². The van der Waals surface area contributed by atoms with Crippen LogP contribution in [0.1, 0.15) is 103 Å². The third-order valence-corrected chi connectivity index (χ3v) is 15.1. The summed E-state index contributed by atoms with van der Waals surface area (Å²) in [6.45, 7) is 12.1. The minimum atomic E-state index is -2.16. The summed E-state index contributed by atoms with van der Waals surface area (Å²) >= 11 is 0. The van der Waals surface area contributed by atoms with Gasteiger partial charge in [-0.2, -0.15) is 0 Å². The van der Waals surface area contributed by atoms with Gasteiger partial charge in [0.15, 0.2) is 29.6 Å². The van der Waals surface area contributed by atoms with Crippen LogP contribution in [0.25, 0.3) is 10.9 Å². The van der Waals surface area contributed by atoms with Crippen LogP contribution in [0.5, 0.6) is 5.75 Å². The lowest BCUT2D eigenvalue weighted by Crippen LogP contribution is -2.69. The number of piperazine rings is 1. The smallest absolute Gasteiger partial charge is 0.410 e. The number of aliphatic hydroxyl groups is 2. The first kappa shape index (κ1) is 43.0. The van der Waals surface area contributed by atoms with Crippen LogP contribution in [-0.2, 0) is 19.1 Å². The molecule has 2 heterocycles. The summed E-state index contributed by atoms with van der Waals surface area (Å²) in [5.74, 6) is -4.82. The van der Waals surface area contributed by atoms with E-state index in [1.54, 1.807) is 62.0 Å². The molecule has 13 nitrogen and oxygen atoms in total. The SMILES string of the molecule is COc1c(N2CCN(C(=O)OC(C)(C)C)C(C)C2)c(F)cc2c(=O)c(C(=O)OCC(=O)[C@]3(O)[C@H](C)C[C@@H]4[C@H]5CCC6=CC(=O)C=C[C@@]6(C)[C@]5(F)[C@H](O)C[C@]43C)cn(C3CC3)c12. The normalized spacial score (nSPS) is 34.7. The minimum Gasteiger partial charge on any atom is -0.492 e. The number of aromatic nitrogens is 1. The van der Waals surface area contributed by atoms with Crippen molar-refractivity contribution in [3.05, 3.63) is 57.7 Å². The average molecular weight is 850 g/mol. The van der Waals surface area contributed by atoms with Gasteiger partial charge in [0.1, 0.15) is 22.5 Å². The number of pyridine rings is 1. The highest BCUT2D eigenvalue weighted by Crippen LogP contribution is 2.70. The third kappa shape index (κ3) is 6.37. The quantitative estimate of drug-likeness (QED) is 0.314. The van der Waals surface area contributed by atoms with E-state index in [-0.39, 0.29) is 67.2 Å². The summed E-state index contributed by atoms with van der Waals surface area (Å²) in [6, 6.07) is 0.592. The number of carbonyl (C=O) groups is 4. The number of halogens is 2. The predicted molar refractivity (Wildman–Crippen MR) is 221 cm³/mol. The molecule has 0 spiro atoms. The number of amides is 1. The van der Waals surface area contributed by atoms with E-state index in [1.165, 1.54) is 25.5 Å². The fourth-order valence-electron chi connectivity index (χ4n) is 11.9. The summed E-state index contributed by atoms with van der Waals surface area (Å²) in [5.41, 5.74) is -7.73. The van der Waals surface area contributed by atoms with Gasteiger partial charge in [-0.05, 0) is 103 Å². The molecule has 6 aliphatic rings. The molecule has 1 unspecified atom stereocenters. The van der Waals surface area contributed by atoms with Gasteiger partial charge in [0, 0.05) is 54.7 Å². The third-order valence-electron chi connectivity index (χ3n) is 15.1. The van der Waals surface area contributed by atoms with Gasteiger partial charge in [0.05, 0.1) is 24.1 Å². The van der Waals surface area contributed by atoms with Crippen LogP contribution in [0, 0.1) is 34.4 Å². The molecule has 15 heteroatoms. The van der Waals surface area contributed by atoms with Crippen LogP contribution in [0.4, 0.5) is 19.3 Å². The molecule has 1 aromatic heterocycles. The number of nitrogens with zero attached hydrogens (tertiary/aromatic N) is 3. The molecular formula is C46H57F2N3O10. The molecule has 1 aromatic carbocycles. The lowest BCUT2D eigenvalue weighted by molar-refractivity contribution is -0.219. The molecule has 1 aliphatic heterocycles. The maximum Gasteiger partial charge on any atom is 0.410 e. The Kier molecular flexibility index (Phi) is 10.2. The van der Waals surface area contributed by atoms with E-state index < -0.39 is 92.8 Å². The van der Waals surface area contributed by atoms with Crippen molar-refractivity contribution in [3.8, 4) is 5.75 Å². The zero-order valence-electron chi connectivity index (χ0n) is 36.2. The van der Waals surface area contributed by atoms with Crippen molar-refractivity contribution >= 4 is 40.2 Å². The maximum absolute atomic E-state index is 17.6. The number of Topliss-reactive ketones (excluding diaryl/α,β-unsaturated/α-hetero) is 1. The second-order valence-electron chi connectivity index (χ2n) is 19.8. The van der Waals surface area contributed by atoms with Gasteiger partial charge in [0.2, 0.25) is 11.2 Å². The van der Waals surface area contributed by atoms with Gasteiger partial charge >= 0.3 is 12.1 Å². The average Bonchev–Trinajstić information content (AvgIpc) is 4.01. The van der Waals surface area contributed by atoms with Crippen molar-refractivity contribution in [1.82, 2.24) is 9.47 Å². The summed E-state index contributed by atoms with van der Waals surface area (Å²) in [4.78, 5) is 70.7. The number of carbonyl (C=O) groups excluding carboxylic acids is 4. The standard InChI is InChI=1S/C46H57F2N3O10/c1-24-17-32-31-12-9-26-18-28(52)13-14-43(26,6)45(31,48)34(53)20-44(32,7)46(24,58)35(54)23-60-40(56)30-22-51(27-10-11-27)36-29(38(30)55)19-33(47)37(39(36)59-8)49-15-16-50(25(2)21-49)41(57)61-42(3,4)5/h13-14,18-19,22,24-25,27,31-32,34,53,58H,9-12,15-17,20-21,23H2,1-8H3/t24-,25?,31-,32-,34-,43-,44-,45-,46-/m1/s1. The number of hydrogen-bond donors (Lipinski definition) is 2. The van der Waals surface area contributed by atoms with Crippen molar-refractivity contribution in [1.29, 1.82) is 0 Å². The highest BCUT2D eigenvalue weighted by Gasteiger charge is 2.75. The van der Waals surface area contributed by atoms with Gasteiger partial charge in [-0.15, -0.1) is 0 Å². The predicted octanol–water partition coefficient (Wildman–Crippen LogP) is 6.00. The minimum absolute atomic E-state index is 0.103. The number of rotatable bonds is 7. The van der Waals surface area contributed by atoms with Gasteiger partial charge < -0.3 is 38.8 Å². The highest BCUT2D eigenvalue weighted by molar-refractivity contribution is 6.01. The number of esters is 1. The Hall–Kier alpha value is -4.63. The second-order valence-corrected chi connectivity index (χ2v) is 19.8. The molecule has 4 saturated carbocycles. The maximum atomic E-state index is 17.6. The lowest BCUT2D eigenvalue weighted by atomic mass is 9.44. The zero-order chi connectivity index (χ0) is 44.4. The van der Waals surface area contributed by atoms with E-state index >= 15 is 8.78 Å². The number of ketones is 2. The number of methoxy groups -OCH3 is 1. The fraction of sp³-hybridized carbons (Fsp3) is 0.630. The first-order chi connectivity index (χ1) is 28.5. The molecule has 9 atom stereocenters. The molecule has 0 bridgehead atoms. The molecule has 1 saturated heterocycles. The number of hydrogen-bond acceptors (Lipinski definition) is 11. The molecule has 5 fully saturated rings. The molecule has 2 aromatic rings. The number of ether oxygens (including phenoxy) is 3. The van der Waals surface area contributed by atoms with Crippen LogP contribution in [-0.4, -0.2) is 106 Å². The number of alkyl halides is 1. The number of benzene rings is 1. The molecule has 5 aliphatic carbocycles. The molecule has 8 rings (SSSR count). The van der Waals surface area contributed by atoms with Crippen LogP contribution >= 0.6 is 0 Å². The first-order valence-corrected chi connectivity index (χ1v) is 21.5. The monoisotopic (exact) mass is 849 g/mol. The summed E-state index contributed by atoms with van der Waals surface area (Å²) < 4.78 is 52.6. The topological polar surface area (TPSA) is 165 Å². The zero-order valence-corrected chi connectivity index (χ0v) is 36.2. The summed E-state index contributed by atoms with van der Waals surface area (Å²) in [6.07, 6.45) is 5.82. The number of anilines is 1. The Morgan fingerprint density at radius 2 is 1.75 bits per heavy atom. The molecule has 2 N–H and O–H groups in total. The largest absolute Gasteiger partial charge is 0.492 e. The Morgan fingerprint density at radius 3 is 2.39 bits per heavy atom. The molecular weight excluding hydrogens is 793 g/mol. The van der Waals surface area contributed by atoms with Gasteiger partial charge in [0.25, 0.3) is 0 Å². The molecule has 61 heavy (non-hydrogen) atoms. The van der Waals surface area contributed by atoms with Crippen molar-refractivity contribution in [2.24, 2.45) is 28.6 Å². The summed E-state index contributed by atoms with van der Waals surface area (Å²) in [5, 5.41) is 24.0. The van der Waals surface area contributed by atoms with Crippen molar-refractivity contribution in [2.75, 3.05) is 38.3 Å². The molecule has 330 valence electrons. The molecule has 1 amide bonds. The van der Waals surface area contributed by atoms with Crippen LogP contribution in [0.3, 0.4) is 0 Å². The van der Waals surface area contributed by atoms with Crippen LogP contribution < -0.4 is 15.1 Å². The van der Waals surface area contributed by atoms with Gasteiger partial charge in [-0.25, -0.2) is 18.4 Å². The number of fused-ring (bicyclic) bond motifs is 6. The van der Waals surface area contributed by atoms with Gasteiger partial charge in [-0.1, -0.05) is 25.5 Å². The lowest BCUT2D eigenvalue weighted by Gasteiger charge is -2.62. The van der Waals surface area contributed by atoms with E-state index in [0.29, 0.717) is 23.9 Å². The highest BCUT2D eigenvalue weighted by atomic mass is 19.1. The Morgan fingerprint density at radius 1 is 1.05 bits per heavy atom. The summed E-state index contributed by atoms with van der Waals surface area (Å²) in [7, 11) is 1.38. The van der Waals surface area contributed by atoms with Crippen molar-refractivity contribution in [3.63, 3.8) is 0 Å². The van der Waals surface area contributed by atoms with Gasteiger partial charge in [-0.3, -0.25) is 14.4 Å². The van der Waals surface area contributed by atoms with E-state index in [0.717, 1.165) is 18.9 Å². The van der Waals surface area contributed by atoms with Crippen LogP contribution in [0.2, 0.25) is 0 Å². The Bertz CT molecular complexity index is 2350. The van der Waals surface area contributed by atoms with Crippen molar-refractivity contribution in [2.45, 2.75) is 122 Å². The van der Waals surface area contributed by atoms with E-state index in [1.807, 2.05) is 6.92 Å². The number of aliphatic hydroxyl groups excluding tert-OH is 1. The number of allylic oxidation sites excluding steroid dienone is 4. The Labute approximate surface area is 353 Å². The van der Waals surface area contributed by atoms with E-state index in [9.17, 15) is 34.2 Å². The first-order valence-electron chi connectivity index (χ1n) is 21.5. The van der Waals surface area contributed by atoms with Crippen LogP contribution in [0.15, 0.2) is 40.9 Å². The fourth-order valence-corrected chi connectivity index (χ4v) is 11.9. The molecule has 0 radical (unpaired) electrons. The van der Waals surface area contributed by atoms with Crippen molar-refractivity contribution < 1.29 is 52.4 Å².